The number of nitrogens with zero attached hydrogens (tertiary/aromatic N) is 5. The van der Waals surface area contributed by atoms with Crippen molar-refractivity contribution in [2.75, 3.05) is 10.7 Å². The third-order valence-corrected chi connectivity index (χ3v) is 5.22. The first-order valence-electron chi connectivity index (χ1n) is 8.38. The van der Waals surface area contributed by atoms with Crippen molar-refractivity contribution in [3.63, 3.8) is 0 Å². The van der Waals surface area contributed by atoms with Crippen LogP contribution in [0.1, 0.15) is 15.9 Å². The molecule has 8 nitrogen and oxygen atoms in total. The smallest absolute Gasteiger partial charge is 0.335 e. The molecular weight excluding hydrogens is 378 g/mol. The van der Waals surface area contributed by atoms with Gasteiger partial charge in [-0.05, 0) is 46.3 Å². The van der Waals surface area contributed by atoms with Crippen LogP contribution in [0.2, 0.25) is 0 Å². The maximum absolute atomic E-state index is 12.8. The fraction of sp³-hybridized carbons (Fsp3) is 0.105. The van der Waals surface area contributed by atoms with E-state index in [4.69, 9.17) is 5.11 Å². The summed E-state index contributed by atoms with van der Waals surface area (Å²) in [6.45, 7) is 4.01. The van der Waals surface area contributed by atoms with Crippen molar-refractivity contribution in [3.8, 4) is 5.69 Å². The van der Waals surface area contributed by atoms with Crippen molar-refractivity contribution in [2.45, 2.75) is 11.6 Å². The Morgan fingerprint density at radius 3 is 2.64 bits per heavy atom. The molecule has 1 aromatic heterocycles. The molecule has 9 heteroatoms. The van der Waals surface area contributed by atoms with E-state index in [0.717, 1.165) is 16.9 Å². The maximum atomic E-state index is 12.8. The molecule has 0 saturated heterocycles. The molecule has 0 saturated carbocycles. The Labute approximate surface area is 164 Å². The van der Waals surface area contributed by atoms with Crippen molar-refractivity contribution in [1.29, 1.82) is 0 Å². The van der Waals surface area contributed by atoms with E-state index in [0.29, 0.717) is 17.3 Å². The van der Waals surface area contributed by atoms with E-state index >= 15 is 0 Å². The first-order valence-corrected chi connectivity index (χ1v) is 9.36. The van der Waals surface area contributed by atoms with Crippen LogP contribution in [0.5, 0.6) is 0 Å². The standard InChI is InChI=1S/C19H15N5O3S/c1-12-10-14-4-2-3-5-16(14)23(12)17(25)11-28-19-20-21-22-24(19)15-8-6-13(7-9-15)18(26)27/h2-9H,1,10-11H2,(H,26,27). The number of anilines is 1. The summed E-state index contributed by atoms with van der Waals surface area (Å²) in [5, 5.41) is 21.0. The Balaban J connectivity index is 1.49. The first kappa shape index (κ1) is 17.9. The molecule has 1 N–H and O–H groups in total. The monoisotopic (exact) mass is 393 g/mol. The second-order valence-electron chi connectivity index (χ2n) is 6.11. The highest BCUT2D eigenvalue weighted by molar-refractivity contribution is 7.99. The van der Waals surface area contributed by atoms with Gasteiger partial charge in [0, 0.05) is 12.1 Å². The van der Waals surface area contributed by atoms with Gasteiger partial charge in [0.15, 0.2) is 0 Å². The zero-order chi connectivity index (χ0) is 19.7. The van der Waals surface area contributed by atoms with E-state index in [-0.39, 0.29) is 17.2 Å². The molecule has 3 aromatic rings. The van der Waals surface area contributed by atoms with Gasteiger partial charge in [-0.25, -0.2) is 4.79 Å². The SMILES string of the molecule is C=C1Cc2ccccc2N1C(=O)CSc1nnnn1-c1ccc(C(=O)O)cc1. The number of thioether (sulfide) groups is 1. The predicted molar refractivity (Wildman–Crippen MR) is 104 cm³/mol. The average molecular weight is 393 g/mol. The summed E-state index contributed by atoms with van der Waals surface area (Å²) in [6, 6.07) is 13.9. The van der Waals surface area contributed by atoms with Gasteiger partial charge >= 0.3 is 5.97 Å². The number of fused-ring (bicyclic) bond motifs is 1. The van der Waals surface area contributed by atoms with Gasteiger partial charge in [0.1, 0.15) is 0 Å². The Bertz CT molecular complexity index is 1080. The average Bonchev–Trinajstić information content (AvgIpc) is 3.29. The number of tetrazole rings is 1. The van der Waals surface area contributed by atoms with Gasteiger partial charge in [0.2, 0.25) is 11.1 Å². The number of aromatic nitrogens is 4. The molecule has 1 aliphatic heterocycles. The lowest BCUT2D eigenvalue weighted by atomic mass is 10.1. The zero-order valence-electron chi connectivity index (χ0n) is 14.6. The number of carboxylic acid groups (broad SMARTS) is 1. The number of para-hydroxylation sites is 1. The summed E-state index contributed by atoms with van der Waals surface area (Å²) in [5.41, 5.74) is 3.47. The predicted octanol–water partition coefficient (Wildman–Crippen LogP) is 2.56. The van der Waals surface area contributed by atoms with Gasteiger partial charge in [-0.2, -0.15) is 4.68 Å². The van der Waals surface area contributed by atoms with Crippen molar-refractivity contribution in [1.82, 2.24) is 20.2 Å². The summed E-state index contributed by atoms with van der Waals surface area (Å²) >= 11 is 1.21. The van der Waals surface area contributed by atoms with Crippen LogP contribution in [0.3, 0.4) is 0 Å². The van der Waals surface area contributed by atoms with Gasteiger partial charge in [0.25, 0.3) is 0 Å². The minimum Gasteiger partial charge on any atom is -0.478 e. The lowest BCUT2D eigenvalue weighted by Crippen LogP contribution is -2.28. The number of hydrogen-bond donors (Lipinski definition) is 1. The zero-order valence-corrected chi connectivity index (χ0v) is 15.5. The number of carbonyl (C=O) groups is 2. The lowest BCUT2D eigenvalue weighted by Gasteiger charge is -2.18. The number of carbonyl (C=O) groups excluding carboxylic acids is 1. The molecule has 0 radical (unpaired) electrons. The van der Waals surface area contributed by atoms with Crippen LogP contribution >= 0.6 is 11.8 Å². The van der Waals surface area contributed by atoms with Crippen molar-refractivity contribution in [2.24, 2.45) is 0 Å². The molecule has 140 valence electrons. The first-order chi connectivity index (χ1) is 13.5. The number of amides is 1. The molecule has 0 atom stereocenters. The Morgan fingerprint density at radius 1 is 1.14 bits per heavy atom. The number of rotatable bonds is 5. The molecule has 0 spiro atoms. The highest BCUT2D eigenvalue weighted by Gasteiger charge is 2.28. The van der Waals surface area contributed by atoms with Crippen LogP contribution in [0.15, 0.2) is 66.0 Å². The van der Waals surface area contributed by atoms with Crippen LogP contribution in [-0.2, 0) is 11.2 Å². The molecule has 0 fully saturated rings. The van der Waals surface area contributed by atoms with Gasteiger partial charge < -0.3 is 5.11 Å². The molecule has 4 rings (SSSR count). The van der Waals surface area contributed by atoms with E-state index in [2.05, 4.69) is 22.1 Å². The molecular formula is C19H15N5O3S. The van der Waals surface area contributed by atoms with Crippen molar-refractivity contribution in [3.05, 3.63) is 71.9 Å². The number of allylic oxidation sites excluding steroid dienone is 1. The lowest BCUT2D eigenvalue weighted by molar-refractivity contribution is -0.115. The minimum atomic E-state index is -1.01. The Morgan fingerprint density at radius 2 is 1.89 bits per heavy atom. The van der Waals surface area contributed by atoms with Crippen molar-refractivity contribution >= 4 is 29.3 Å². The third kappa shape index (κ3) is 3.27. The van der Waals surface area contributed by atoms with E-state index in [1.165, 1.54) is 28.6 Å². The highest BCUT2D eigenvalue weighted by Crippen LogP contribution is 2.34. The normalized spacial score (nSPS) is 12.9. The maximum Gasteiger partial charge on any atom is 0.335 e. The molecule has 0 unspecified atom stereocenters. The largest absolute Gasteiger partial charge is 0.478 e. The Kier molecular flexibility index (Phi) is 4.66. The van der Waals surface area contributed by atoms with Crippen LogP contribution in [0.25, 0.3) is 5.69 Å². The molecule has 1 aliphatic rings. The van der Waals surface area contributed by atoms with Crippen LogP contribution < -0.4 is 4.90 Å². The van der Waals surface area contributed by atoms with Gasteiger partial charge in [-0.1, -0.05) is 36.5 Å². The van der Waals surface area contributed by atoms with Gasteiger partial charge in [-0.15, -0.1) is 5.10 Å². The Hall–Kier alpha value is -3.46. The van der Waals surface area contributed by atoms with Crippen LogP contribution in [0.4, 0.5) is 5.69 Å². The summed E-state index contributed by atoms with van der Waals surface area (Å²) in [6.07, 6.45) is 0.653. The summed E-state index contributed by atoms with van der Waals surface area (Å²) < 4.78 is 1.47. The number of carboxylic acids is 1. The highest BCUT2D eigenvalue weighted by atomic mass is 32.2. The number of benzene rings is 2. The third-order valence-electron chi connectivity index (χ3n) is 4.32. The molecule has 28 heavy (non-hydrogen) atoms. The topological polar surface area (TPSA) is 101 Å². The summed E-state index contributed by atoms with van der Waals surface area (Å²) in [7, 11) is 0. The minimum absolute atomic E-state index is 0.101. The molecule has 2 heterocycles. The molecule has 2 aromatic carbocycles. The quantitative estimate of drug-likeness (QED) is 0.665. The van der Waals surface area contributed by atoms with Crippen LogP contribution in [0, 0.1) is 0 Å². The number of hydrogen-bond acceptors (Lipinski definition) is 6. The fourth-order valence-electron chi connectivity index (χ4n) is 3.03. The molecule has 0 aliphatic carbocycles. The molecule has 0 bridgehead atoms. The van der Waals surface area contributed by atoms with Crippen LogP contribution in [-0.4, -0.2) is 42.9 Å². The van der Waals surface area contributed by atoms with Crippen molar-refractivity contribution < 1.29 is 14.7 Å². The fourth-order valence-corrected chi connectivity index (χ4v) is 3.77. The number of aromatic carboxylic acids is 1. The second-order valence-corrected chi connectivity index (χ2v) is 7.06. The summed E-state index contributed by atoms with van der Waals surface area (Å²) in [5.74, 6) is -0.966. The van der Waals surface area contributed by atoms with Gasteiger partial charge in [-0.3, -0.25) is 9.69 Å². The summed E-state index contributed by atoms with van der Waals surface area (Å²) in [4.78, 5) is 25.4. The van der Waals surface area contributed by atoms with E-state index < -0.39 is 5.97 Å². The van der Waals surface area contributed by atoms with E-state index in [9.17, 15) is 9.59 Å². The second kappa shape index (κ2) is 7.28. The van der Waals surface area contributed by atoms with Gasteiger partial charge in [0.05, 0.1) is 22.7 Å². The van der Waals surface area contributed by atoms with E-state index in [1.54, 1.807) is 17.0 Å². The van der Waals surface area contributed by atoms with E-state index in [1.807, 2.05) is 24.3 Å². The molecule has 1 amide bonds.